The van der Waals surface area contributed by atoms with Gasteiger partial charge in [-0.2, -0.15) is 0 Å². The van der Waals surface area contributed by atoms with Gasteiger partial charge in [0.05, 0.1) is 0 Å². The van der Waals surface area contributed by atoms with Gasteiger partial charge in [-0.15, -0.1) is 0 Å². The van der Waals surface area contributed by atoms with Gasteiger partial charge in [0.2, 0.25) is 0 Å². The van der Waals surface area contributed by atoms with Gasteiger partial charge in [0, 0.05) is 0 Å². The third-order valence-corrected chi connectivity index (χ3v) is 4.50. The predicted molar refractivity (Wildman–Crippen MR) is 77.9 cm³/mol. The summed E-state index contributed by atoms with van der Waals surface area (Å²) >= 11 is 3.16. The van der Waals surface area contributed by atoms with Gasteiger partial charge in [-0.3, -0.25) is 0 Å². The molecule has 0 atom stereocenters. The van der Waals surface area contributed by atoms with Gasteiger partial charge >= 0.3 is 124 Å². The Morgan fingerprint density at radius 3 is 2.95 bits per heavy atom. The van der Waals surface area contributed by atoms with Gasteiger partial charge in [0.25, 0.3) is 0 Å². The van der Waals surface area contributed by atoms with Gasteiger partial charge < -0.3 is 0 Å². The second kappa shape index (κ2) is 5.41. The van der Waals surface area contributed by atoms with Crippen LogP contribution in [-0.4, -0.2) is 22.9 Å². The maximum absolute atomic E-state index is 13.1. The summed E-state index contributed by atoms with van der Waals surface area (Å²) in [5.41, 5.74) is 3.86. The molecule has 0 aliphatic carbocycles. The zero-order valence-corrected chi connectivity index (χ0v) is 13.0. The Hall–Kier alpha value is -1.23. The van der Waals surface area contributed by atoms with Gasteiger partial charge in [0.15, 0.2) is 0 Å². The van der Waals surface area contributed by atoms with Crippen LogP contribution in [0.5, 0.6) is 0 Å². The normalized spacial score (nSPS) is 10.8. The van der Waals surface area contributed by atoms with Crippen molar-refractivity contribution in [3.05, 3.63) is 52.3 Å². The molecule has 0 saturated carbocycles. The Balaban J connectivity index is 1.82. The molecule has 1 aromatic heterocycles. The van der Waals surface area contributed by atoms with Crippen LogP contribution in [0.4, 0.5) is 10.1 Å². The second-order valence-corrected chi connectivity index (χ2v) is 6.00. The quantitative estimate of drug-likeness (QED) is 0.704. The first-order valence-electron chi connectivity index (χ1n) is 5.63. The molecule has 0 fully saturated rings. The van der Waals surface area contributed by atoms with E-state index >= 15 is 0 Å². The summed E-state index contributed by atoms with van der Waals surface area (Å²) in [4.78, 5) is 0. The van der Waals surface area contributed by atoms with E-state index in [2.05, 4.69) is 29.2 Å². The summed E-state index contributed by atoms with van der Waals surface area (Å²) in [5.74, 6) is -0.249. The van der Waals surface area contributed by atoms with Crippen molar-refractivity contribution in [3.8, 4) is 0 Å². The van der Waals surface area contributed by atoms with Crippen molar-refractivity contribution < 1.29 is 4.39 Å². The van der Waals surface area contributed by atoms with Gasteiger partial charge in [-0.05, 0) is 0 Å². The van der Waals surface area contributed by atoms with E-state index in [4.69, 9.17) is 0 Å². The van der Waals surface area contributed by atoms with Crippen molar-refractivity contribution in [1.82, 2.24) is 7.96 Å². The summed E-state index contributed by atoms with van der Waals surface area (Å²) in [6.07, 6.45) is 0. The fourth-order valence-corrected chi connectivity index (χ4v) is 3.38. The Bertz CT molecular complexity index is 729. The molecule has 0 aliphatic heterocycles. The molecule has 0 radical (unpaired) electrons. The molecule has 0 amide bonds. The van der Waals surface area contributed by atoms with Crippen LogP contribution in [0.1, 0.15) is 5.56 Å². The van der Waals surface area contributed by atoms with E-state index in [1.54, 1.807) is 12.1 Å². The summed E-state index contributed by atoms with van der Waals surface area (Å²) in [5, 5.41) is 3.32. The fraction of sp³-hybridized carbons (Fsp3) is 0.0769. The molecule has 3 nitrogen and oxygen atoms in total. The van der Waals surface area contributed by atoms with Crippen molar-refractivity contribution in [1.29, 1.82) is 0 Å². The van der Waals surface area contributed by atoms with E-state index in [0.29, 0.717) is 11.0 Å². The van der Waals surface area contributed by atoms with E-state index in [9.17, 15) is 4.39 Å². The molecular formula is C13H9BrFN3Se. The van der Waals surface area contributed by atoms with E-state index < -0.39 is 0 Å². The molecule has 0 saturated heterocycles. The van der Waals surface area contributed by atoms with Crippen molar-refractivity contribution in [2.24, 2.45) is 0 Å². The molecule has 0 aliphatic rings. The van der Waals surface area contributed by atoms with Crippen molar-refractivity contribution in [2.75, 3.05) is 5.32 Å². The average Bonchev–Trinajstić information content (AvgIpc) is 2.89. The third kappa shape index (κ3) is 2.71. The molecule has 3 rings (SSSR count). The molecule has 96 valence electrons. The fourth-order valence-electron chi connectivity index (χ4n) is 1.80. The summed E-state index contributed by atoms with van der Waals surface area (Å²) < 4.78 is 22.4. The average molecular weight is 385 g/mol. The summed E-state index contributed by atoms with van der Waals surface area (Å²) in [6, 6.07) is 10.9. The van der Waals surface area contributed by atoms with Crippen LogP contribution in [-0.2, 0) is 6.54 Å². The molecule has 0 spiro atoms. The standard InChI is InChI=1S/C13H9BrFN3Se/c14-9-6-8(4-5-10(9)15)7-16-11-2-1-3-12-13(11)18-19-17-12/h1-6,16H,7H2. The summed E-state index contributed by atoms with van der Waals surface area (Å²) in [6.45, 7) is 0.623. The number of aromatic nitrogens is 2. The zero-order chi connectivity index (χ0) is 13.2. The monoisotopic (exact) mass is 385 g/mol. The Labute approximate surface area is 124 Å². The molecule has 3 aromatic rings. The Morgan fingerprint density at radius 2 is 2.11 bits per heavy atom. The number of halogens is 2. The molecule has 0 bridgehead atoms. The van der Waals surface area contributed by atoms with Gasteiger partial charge in [-0.25, -0.2) is 0 Å². The molecule has 2 aromatic carbocycles. The molecule has 19 heavy (non-hydrogen) atoms. The van der Waals surface area contributed by atoms with Crippen LogP contribution in [0.2, 0.25) is 0 Å². The van der Waals surface area contributed by atoms with Crippen LogP contribution in [0.3, 0.4) is 0 Å². The van der Waals surface area contributed by atoms with Crippen molar-refractivity contribution in [3.63, 3.8) is 0 Å². The van der Waals surface area contributed by atoms with Crippen LogP contribution >= 0.6 is 15.9 Å². The van der Waals surface area contributed by atoms with E-state index in [-0.39, 0.29) is 20.8 Å². The second-order valence-electron chi connectivity index (χ2n) is 4.04. The number of nitrogens with one attached hydrogen (secondary N) is 1. The van der Waals surface area contributed by atoms with Crippen LogP contribution in [0.15, 0.2) is 40.9 Å². The third-order valence-electron chi connectivity index (χ3n) is 2.75. The van der Waals surface area contributed by atoms with Crippen LogP contribution < -0.4 is 5.32 Å². The predicted octanol–water partition coefficient (Wildman–Crippen LogP) is 3.20. The molecule has 1 N–H and O–H groups in total. The SMILES string of the molecule is Fc1ccc(CNc2cccc3n[se]nc23)cc1Br. The van der Waals surface area contributed by atoms with Crippen LogP contribution in [0.25, 0.3) is 11.0 Å². The number of hydrogen-bond acceptors (Lipinski definition) is 3. The van der Waals surface area contributed by atoms with Gasteiger partial charge in [0.1, 0.15) is 0 Å². The first kappa shape index (κ1) is 12.8. The molecule has 6 heteroatoms. The molecule has 1 heterocycles. The topological polar surface area (TPSA) is 37.8 Å². The number of anilines is 1. The first-order valence-corrected chi connectivity index (χ1v) is 7.95. The number of rotatable bonds is 3. The Morgan fingerprint density at radius 1 is 1.21 bits per heavy atom. The van der Waals surface area contributed by atoms with Gasteiger partial charge in [-0.1, -0.05) is 0 Å². The number of benzene rings is 2. The van der Waals surface area contributed by atoms with E-state index in [1.807, 2.05) is 18.2 Å². The number of nitrogens with zero attached hydrogens (tertiary/aromatic N) is 2. The first-order chi connectivity index (χ1) is 9.24. The van der Waals surface area contributed by atoms with Crippen molar-refractivity contribution in [2.45, 2.75) is 6.54 Å². The maximum atomic E-state index is 13.1. The number of hydrogen-bond donors (Lipinski definition) is 1. The zero-order valence-electron chi connectivity index (χ0n) is 9.73. The van der Waals surface area contributed by atoms with E-state index in [0.717, 1.165) is 22.3 Å². The Kier molecular flexibility index (Phi) is 3.64. The van der Waals surface area contributed by atoms with E-state index in [1.165, 1.54) is 6.07 Å². The molecule has 0 unspecified atom stereocenters. The molecular weight excluding hydrogens is 376 g/mol. The van der Waals surface area contributed by atoms with Crippen LogP contribution in [0, 0.1) is 5.82 Å². The minimum absolute atomic E-state index is 0.0287. The summed E-state index contributed by atoms with van der Waals surface area (Å²) in [7, 11) is 0. The number of fused-ring (bicyclic) bond motifs is 1. The minimum atomic E-state index is -0.249. The van der Waals surface area contributed by atoms with Crippen molar-refractivity contribution >= 4 is 47.6 Å².